The molecule has 5 rings (SSSR count). The van der Waals surface area contributed by atoms with Gasteiger partial charge in [0.05, 0.1) is 22.4 Å². The Morgan fingerprint density at radius 1 is 1.12 bits per heavy atom. The molecule has 162 valence electrons. The number of aromatic amines is 2. The lowest BCUT2D eigenvalue weighted by Gasteiger charge is -2.28. The topological polar surface area (TPSA) is 99.0 Å². The van der Waals surface area contributed by atoms with Crippen molar-refractivity contribution in [3.63, 3.8) is 0 Å². The molecule has 0 aliphatic carbocycles. The average molecular weight is 426 g/mol. The third-order valence-electron chi connectivity index (χ3n) is 6.03. The summed E-state index contributed by atoms with van der Waals surface area (Å²) < 4.78 is 0. The highest BCUT2D eigenvalue weighted by molar-refractivity contribution is 6.00. The van der Waals surface area contributed by atoms with E-state index in [0.717, 1.165) is 63.4 Å². The molecule has 0 saturated carbocycles. The van der Waals surface area contributed by atoms with E-state index < -0.39 is 0 Å². The van der Waals surface area contributed by atoms with Gasteiger partial charge in [0, 0.05) is 35.6 Å². The molecular formula is C25H27N7. The number of nitrogens with zero attached hydrogens (tertiary/aromatic N) is 4. The van der Waals surface area contributed by atoms with E-state index in [4.69, 9.17) is 10.7 Å². The van der Waals surface area contributed by atoms with Gasteiger partial charge in [-0.3, -0.25) is 5.10 Å². The normalized spacial score (nSPS) is 15.6. The molecule has 32 heavy (non-hydrogen) atoms. The van der Waals surface area contributed by atoms with Gasteiger partial charge >= 0.3 is 0 Å². The fourth-order valence-corrected chi connectivity index (χ4v) is 4.38. The number of benzene rings is 1. The van der Waals surface area contributed by atoms with Crippen LogP contribution < -0.4 is 10.6 Å². The van der Waals surface area contributed by atoms with Crippen molar-refractivity contribution in [3.05, 3.63) is 60.8 Å². The van der Waals surface area contributed by atoms with E-state index in [0.29, 0.717) is 5.84 Å². The van der Waals surface area contributed by atoms with Crippen molar-refractivity contribution in [2.45, 2.75) is 26.2 Å². The molecule has 4 N–H and O–H groups in total. The molecule has 7 nitrogen and oxygen atoms in total. The van der Waals surface area contributed by atoms with Gasteiger partial charge in [-0.2, -0.15) is 5.10 Å². The summed E-state index contributed by atoms with van der Waals surface area (Å²) in [4.78, 5) is 15.1. The van der Waals surface area contributed by atoms with E-state index in [1.165, 1.54) is 19.3 Å². The summed E-state index contributed by atoms with van der Waals surface area (Å²) >= 11 is 0. The maximum absolute atomic E-state index is 5.88. The first-order valence-corrected chi connectivity index (χ1v) is 11.0. The van der Waals surface area contributed by atoms with Gasteiger partial charge in [-0.25, -0.2) is 9.98 Å². The number of hydrogen-bond donors (Lipinski definition) is 3. The Hall–Kier alpha value is -3.87. The SMILES string of the molecule is C=CC(N)=N/C(=C\C)c1ccc2[nH]nc(-c3cc4c(N5CCCCC5)nccc4[nH]3)c2c1. The minimum atomic E-state index is 0.388. The fourth-order valence-electron chi connectivity index (χ4n) is 4.38. The molecule has 1 saturated heterocycles. The van der Waals surface area contributed by atoms with Gasteiger partial charge in [0.2, 0.25) is 0 Å². The van der Waals surface area contributed by atoms with Gasteiger partial charge in [-0.1, -0.05) is 18.7 Å². The average Bonchev–Trinajstić information content (AvgIpc) is 3.46. The van der Waals surface area contributed by atoms with Crippen molar-refractivity contribution in [2.75, 3.05) is 18.0 Å². The van der Waals surface area contributed by atoms with E-state index in [1.54, 1.807) is 6.08 Å². The van der Waals surface area contributed by atoms with E-state index >= 15 is 0 Å². The lowest BCUT2D eigenvalue weighted by atomic mass is 10.1. The Morgan fingerprint density at radius 3 is 2.75 bits per heavy atom. The molecule has 7 heteroatoms. The number of anilines is 1. The molecule has 0 radical (unpaired) electrons. The summed E-state index contributed by atoms with van der Waals surface area (Å²) in [5.74, 6) is 1.44. The Labute approximate surface area is 186 Å². The summed E-state index contributed by atoms with van der Waals surface area (Å²) in [7, 11) is 0. The maximum Gasteiger partial charge on any atom is 0.137 e. The van der Waals surface area contributed by atoms with Gasteiger partial charge in [0.15, 0.2) is 0 Å². The predicted molar refractivity (Wildman–Crippen MR) is 133 cm³/mol. The number of rotatable bonds is 5. The number of piperidine rings is 1. The zero-order valence-electron chi connectivity index (χ0n) is 18.2. The smallest absolute Gasteiger partial charge is 0.137 e. The van der Waals surface area contributed by atoms with E-state index in [1.807, 2.05) is 37.4 Å². The number of hydrogen-bond acceptors (Lipinski definition) is 4. The second-order valence-corrected chi connectivity index (χ2v) is 8.07. The van der Waals surface area contributed by atoms with Crippen molar-refractivity contribution in [1.29, 1.82) is 0 Å². The van der Waals surface area contributed by atoms with Crippen LogP contribution in [-0.4, -0.2) is 39.1 Å². The molecule has 0 spiro atoms. The standard InChI is InChI=1S/C25H27N7/c1-3-19(29-23(26)4-2)16-8-9-21-17(14-16)24(31-30-21)22-15-18-20(28-22)10-11-27-25(18)32-12-6-5-7-13-32/h3-4,8-11,14-15,28H,2,5-7,12-13H2,1H3,(H2,26,29)(H,30,31)/b19-3-. The molecule has 4 heterocycles. The first-order valence-electron chi connectivity index (χ1n) is 11.0. The number of aliphatic imine (C=N–C) groups is 1. The van der Waals surface area contributed by atoms with Gasteiger partial charge in [0.1, 0.15) is 17.3 Å². The van der Waals surface area contributed by atoms with Crippen LogP contribution in [0.15, 0.2) is 60.3 Å². The number of nitrogens with one attached hydrogen (secondary N) is 2. The molecule has 0 bridgehead atoms. The molecule has 0 unspecified atom stereocenters. The molecule has 1 aliphatic heterocycles. The first-order chi connectivity index (χ1) is 15.7. The lowest BCUT2D eigenvalue weighted by Crippen LogP contribution is -2.30. The van der Waals surface area contributed by atoms with E-state index in [-0.39, 0.29) is 0 Å². The predicted octanol–water partition coefficient (Wildman–Crippen LogP) is 5.00. The summed E-state index contributed by atoms with van der Waals surface area (Å²) in [6.07, 6.45) is 9.10. The van der Waals surface area contributed by atoms with Gasteiger partial charge in [-0.15, -0.1) is 0 Å². The molecule has 0 amide bonds. The second-order valence-electron chi connectivity index (χ2n) is 8.07. The number of pyridine rings is 1. The Bertz CT molecular complexity index is 1350. The number of fused-ring (bicyclic) bond motifs is 2. The van der Waals surface area contributed by atoms with Crippen LogP contribution in [0.5, 0.6) is 0 Å². The van der Waals surface area contributed by atoms with Gasteiger partial charge < -0.3 is 15.6 Å². The van der Waals surface area contributed by atoms with Crippen LogP contribution in [-0.2, 0) is 0 Å². The quantitative estimate of drug-likeness (QED) is 0.309. The summed E-state index contributed by atoms with van der Waals surface area (Å²) in [6.45, 7) is 7.75. The van der Waals surface area contributed by atoms with Crippen molar-refractivity contribution < 1.29 is 0 Å². The molecule has 1 fully saturated rings. The Balaban J connectivity index is 1.59. The number of nitrogens with two attached hydrogens (primary N) is 1. The molecule has 1 aliphatic rings. The Morgan fingerprint density at radius 2 is 1.97 bits per heavy atom. The van der Waals surface area contributed by atoms with Crippen molar-refractivity contribution in [3.8, 4) is 11.4 Å². The van der Waals surface area contributed by atoms with Crippen LogP contribution in [0.4, 0.5) is 5.82 Å². The highest BCUT2D eigenvalue weighted by Crippen LogP contribution is 2.34. The van der Waals surface area contributed by atoms with Gasteiger partial charge in [-0.05, 0) is 56.5 Å². The zero-order chi connectivity index (χ0) is 22.1. The largest absolute Gasteiger partial charge is 0.384 e. The maximum atomic E-state index is 5.88. The minimum Gasteiger partial charge on any atom is -0.384 e. The number of amidine groups is 1. The number of aromatic nitrogens is 4. The van der Waals surface area contributed by atoms with E-state index in [2.05, 4.69) is 43.8 Å². The lowest BCUT2D eigenvalue weighted by molar-refractivity contribution is 0.575. The fraction of sp³-hybridized carbons (Fsp3) is 0.240. The monoisotopic (exact) mass is 425 g/mol. The second kappa shape index (κ2) is 8.34. The first kappa shape index (κ1) is 20.1. The van der Waals surface area contributed by atoms with Crippen molar-refractivity contribution >= 4 is 39.2 Å². The van der Waals surface area contributed by atoms with Crippen molar-refractivity contribution in [1.82, 2.24) is 20.2 Å². The molecule has 4 aromatic rings. The summed E-state index contributed by atoms with van der Waals surface area (Å²) in [5, 5.41) is 9.93. The highest BCUT2D eigenvalue weighted by Gasteiger charge is 2.18. The van der Waals surface area contributed by atoms with Crippen LogP contribution >= 0.6 is 0 Å². The van der Waals surface area contributed by atoms with E-state index in [9.17, 15) is 0 Å². The van der Waals surface area contributed by atoms with Crippen LogP contribution in [0, 0.1) is 0 Å². The van der Waals surface area contributed by atoms with Gasteiger partial charge in [0.25, 0.3) is 0 Å². The summed E-state index contributed by atoms with van der Waals surface area (Å²) in [5.41, 5.74) is 11.5. The number of allylic oxidation sites excluding steroid dienone is 1. The summed E-state index contributed by atoms with van der Waals surface area (Å²) in [6, 6.07) is 10.3. The van der Waals surface area contributed by atoms with Crippen LogP contribution in [0.1, 0.15) is 31.7 Å². The number of H-pyrrole nitrogens is 2. The minimum absolute atomic E-state index is 0.388. The van der Waals surface area contributed by atoms with Crippen LogP contribution in [0.25, 0.3) is 38.9 Å². The highest BCUT2D eigenvalue weighted by atomic mass is 15.2. The van der Waals surface area contributed by atoms with Crippen LogP contribution in [0.3, 0.4) is 0 Å². The van der Waals surface area contributed by atoms with Crippen molar-refractivity contribution in [2.24, 2.45) is 10.7 Å². The van der Waals surface area contributed by atoms with Crippen LogP contribution in [0.2, 0.25) is 0 Å². The third kappa shape index (κ3) is 3.56. The Kier molecular flexibility index (Phi) is 5.23. The third-order valence-corrected chi connectivity index (χ3v) is 6.03. The molecule has 3 aromatic heterocycles. The molecular weight excluding hydrogens is 398 g/mol. The molecule has 1 aromatic carbocycles. The zero-order valence-corrected chi connectivity index (χ0v) is 18.2. The molecule has 0 atom stereocenters.